The Morgan fingerprint density at radius 2 is 1.93 bits per heavy atom. The molecule has 1 aliphatic heterocycles. The molecular weight excluding hydrogens is 349 g/mol. The molecule has 0 aromatic heterocycles. The number of nitrogens with one attached hydrogen (secondary N) is 2. The fraction of sp³-hybridized carbons (Fsp3) is 0.778. The number of carboxylic acids is 1. The van der Waals surface area contributed by atoms with Crippen molar-refractivity contribution in [3.63, 3.8) is 0 Å². The van der Waals surface area contributed by atoms with Crippen molar-refractivity contribution in [3.8, 4) is 12.8 Å². The van der Waals surface area contributed by atoms with Gasteiger partial charge in [-0.15, -0.1) is 12.8 Å². The lowest BCUT2D eigenvalue weighted by Gasteiger charge is -2.29. The molecule has 3 atom stereocenters. The molecule has 0 radical (unpaired) electrons. The number of hydrogen-bond donors (Lipinski definition) is 6. The van der Waals surface area contributed by atoms with E-state index in [0.717, 1.165) is 19.3 Å². The SMILES string of the molecule is C#C.CC(C)C[C@H](N)C(=O)N[C@H]1CCN[C@@H](C(=O)O)C1.CCCCB(O)O. The number of terminal acetylenes is 1. The summed E-state index contributed by atoms with van der Waals surface area (Å²) in [5, 5.41) is 31.1. The highest BCUT2D eigenvalue weighted by atomic mass is 16.4. The number of hydrogen-bond acceptors (Lipinski definition) is 6. The van der Waals surface area contributed by atoms with E-state index in [1.807, 2.05) is 20.8 Å². The van der Waals surface area contributed by atoms with Crippen molar-refractivity contribution in [2.24, 2.45) is 11.7 Å². The predicted molar refractivity (Wildman–Crippen MR) is 108 cm³/mol. The minimum Gasteiger partial charge on any atom is -0.480 e. The first kappa shape index (κ1) is 27.6. The number of unbranched alkanes of at least 4 members (excludes halogenated alkanes) is 1. The molecule has 27 heavy (non-hydrogen) atoms. The molecule has 0 bridgehead atoms. The van der Waals surface area contributed by atoms with Crippen LogP contribution in [0.5, 0.6) is 0 Å². The predicted octanol–water partition coefficient (Wildman–Crippen LogP) is 0.190. The minimum atomic E-state index is -1.10. The maximum absolute atomic E-state index is 11.8. The summed E-state index contributed by atoms with van der Waals surface area (Å²) in [7, 11) is -1.10. The molecule has 0 aliphatic carbocycles. The molecule has 1 rings (SSSR count). The van der Waals surface area contributed by atoms with Gasteiger partial charge in [-0.25, -0.2) is 0 Å². The third kappa shape index (κ3) is 15.2. The lowest BCUT2D eigenvalue weighted by Crippen LogP contribution is -2.53. The zero-order valence-electron chi connectivity index (χ0n) is 16.7. The fourth-order valence-corrected chi connectivity index (χ4v) is 2.55. The Morgan fingerprint density at radius 3 is 2.33 bits per heavy atom. The quantitative estimate of drug-likeness (QED) is 0.258. The molecule has 0 aromatic rings. The Morgan fingerprint density at radius 1 is 1.33 bits per heavy atom. The molecule has 1 amide bonds. The second-order valence-corrected chi connectivity index (χ2v) is 6.93. The van der Waals surface area contributed by atoms with Crippen LogP contribution in [0.4, 0.5) is 0 Å². The van der Waals surface area contributed by atoms with Crippen molar-refractivity contribution in [3.05, 3.63) is 0 Å². The summed E-state index contributed by atoms with van der Waals surface area (Å²) >= 11 is 0. The zero-order chi connectivity index (χ0) is 21.4. The Kier molecular flexibility index (Phi) is 17.0. The number of piperidine rings is 1. The van der Waals surface area contributed by atoms with Crippen molar-refractivity contribution >= 4 is 19.0 Å². The molecule has 0 spiro atoms. The van der Waals surface area contributed by atoms with Crippen LogP contribution in [0.25, 0.3) is 0 Å². The topological polar surface area (TPSA) is 145 Å². The number of carbonyl (C=O) groups is 2. The standard InChI is InChI=1S/C12H23N3O3.C4H11BO2.C2H2/c1-7(2)5-9(13)11(16)15-8-3-4-14-10(6-8)12(17)18;1-2-3-4-5(6)7;1-2/h7-10,14H,3-6,13H2,1-2H3,(H,15,16)(H,17,18);6-7H,2-4H2,1H3;1-2H/t8-,9-,10+;;/m0../s1. The summed E-state index contributed by atoms with van der Waals surface area (Å²) in [4.78, 5) is 22.7. The maximum Gasteiger partial charge on any atom is 0.451 e. The Balaban J connectivity index is 0. The van der Waals surface area contributed by atoms with E-state index in [1.165, 1.54) is 0 Å². The summed E-state index contributed by atoms with van der Waals surface area (Å²) in [6.07, 6.45) is 12.2. The van der Waals surface area contributed by atoms with E-state index in [0.29, 0.717) is 31.6 Å². The smallest absolute Gasteiger partial charge is 0.451 e. The highest BCUT2D eigenvalue weighted by Crippen LogP contribution is 2.10. The number of rotatable bonds is 8. The van der Waals surface area contributed by atoms with Crippen molar-refractivity contribution < 1.29 is 24.7 Å². The molecule has 1 saturated heterocycles. The second-order valence-electron chi connectivity index (χ2n) is 6.93. The van der Waals surface area contributed by atoms with E-state index in [9.17, 15) is 9.59 Å². The van der Waals surface area contributed by atoms with Crippen molar-refractivity contribution in [2.45, 2.75) is 77.3 Å². The van der Waals surface area contributed by atoms with Gasteiger partial charge in [-0.3, -0.25) is 9.59 Å². The third-order valence-electron chi connectivity index (χ3n) is 3.93. The van der Waals surface area contributed by atoms with E-state index in [4.69, 9.17) is 20.9 Å². The van der Waals surface area contributed by atoms with Crippen molar-refractivity contribution in [2.75, 3.05) is 6.54 Å². The van der Waals surface area contributed by atoms with Crippen LogP contribution >= 0.6 is 0 Å². The van der Waals surface area contributed by atoms with Crippen LogP contribution in [-0.4, -0.2) is 58.8 Å². The van der Waals surface area contributed by atoms with Gasteiger partial charge in [0.1, 0.15) is 6.04 Å². The maximum atomic E-state index is 11.8. The molecule has 1 heterocycles. The van der Waals surface area contributed by atoms with Crippen LogP contribution in [0.15, 0.2) is 0 Å². The summed E-state index contributed by atoms with van der Waals surface area (Å²) in [5.74, 6) is -0.689. The summed E-state index contributed by atoms with van der Waals surface area (Å²) in [6.45, 7) is 6.64. The van der Waals surface area contributed by atoms with Crippen LogP contribution in [0, 0.1) is 18.8 Å². The summed E-state index contributed by atoms with van der Waals surface area (Å²) in [6, 6.07) is -1.19. The van der Waals surface area contributed by atoms with Gasteiger partial charge in [0.05, 0.1) is 6.04 Å². The molecule has 0 unspecified atom stereocenters. The molecular formula is C18H36BN3O5. The largest absolute Gasteiger partial charge is 0.480 e. The first-order chi connectivity index (χ1) is 12.7. The van der Waals surface area contributed by atoms with Gasteiger partial charge in [0.25, 0.3) is 0 Å². The fourth-order valence-electron chi connectivity index (χ4n) is 2.55. The van der Waals surface area contributed by atoms with E-state index in [1.54, 1.807) is 0 Å². The van der Waals surface area contributed by atoms with Crippen molar-refractivity contribution in [1.29, 1.82) is 0 Å². The average molecular weight is 385 g/mol. The molecule has 156 valence electrons. The first-order valence-electron chi connectivity index (χ1n) is 9.38. The van der Waals surface area contributed by atoms with Gasteiger partial charge < -0.3 is 31.5 Å². The number of aliphatic carboxylic acids is 1. The van der Waals surface area contributed by atoms with Gasteiger partial charge in [-0.1, -0.05) is 33.6 Å². The average Bonchev–Trinajstić information content (AvgIpc) is 2.61. The van der Waals surface area contributed by atoms with E-state index >= 15 is 0 Å². The zero-order valence-corrected chi connectivity index (χ0v) is 16.7. The lowest BCUT2D eigenvalue weighted by molar-refractivity contribution is -0.140. The normalized spacial score (nSPS) is 19.6. The molecule has 0 aromatic carbocycles. The molecule has 9 heteroatoms. The lowest BCUT2D eigenvalue weighted by atomic mass is 9.84. The summed E-state index contributed by atoms with van der Waals surface area (Å²) < 4.78 is 0. The van der Waals surface area contributed by atoms with Gasteiger partial charge in [-0.2, -0.15) is 0 Å². The first-order valence-corrected chi connectivity index (χ1v) is 9.38. The number of carbonyl (C=O) groups excluding carboxylic acids is 1. The van der Waals surface area contributed by atoms with Crippen LogP contribution in [0.2, 0.25) is 6.32 Å². The number of nitrogens with two attached hydrogens (primary N) is 1. The van der Waals surface area contributed by atoms with Crippen molar-refractivity contribution in [1.82, 2.24) is 10.6 Å². The Hall–Kier alpha value is -1.60. The second kappa shape index (κ2) is 16.6. The third-order valence-corrected chi connectivity index (χ3v) is 3.93. The van der Waals surface area contributed by atoms with Crippen LogP contribution < -0.4 is 16.4 Å². The Bertz CT molecular complexity index is 432. The Labute approximate surface area is 163 Å². The van der Waals surface area contributed by atoms with E-state index in [2.05, 4.69) is 23.5 Å². The van der Waals surface area contributed by atoms with Gasteiger partial charge >= 0.3 is 13.1 Å². The molecule has 1 fully saturated rings. The molecule has 1 aliphatic rings. The van der Waals surface area contributed by atoms with Gasteiger partial charge in [-0.05, 0) is 38.0 Å². The van der Waals surface area contributed by atoms with E-state index in [-0.39, 0.29) is 11.9 Å². The van der Waals surface area contributed by atoms with Gasteiger partial charge in [0, 0.05) is 6.04 Å². The van der Waals surface area contributed by atoms with Crippen LogP contribution in [0.1, 0.15) is 52.9 Å². The van der Waals surface area contributed by atoms with Crippen LogP contribution in [0.3, 0.4) is 0 Å². The van der Waals surface area contributed by atoms with Gasteiger partial charge in [0.2, 0.25) is 5.91 Å². The summed E-state index contributed by atoms with van der Waals surface area (Å²) in [5.41, 5.74) is 5.79. The number of carboxylic acid groups (broad SMARTS) is 1. The highest BCUT2D eigenvalue weighted by Gasteiger charge is 2.28. The highest BCUT2D eigenvalue weighted by molar-refractivity contribution is 6.40. The van der Waals surface area contributed by atoms with Crippen LogP contribution in [-0.2, 0) is 9.59 Å². The minimum absolute atomic E-state index is 0.0990. The monoisotopic (exact) mass is 385 g/mol. The number of amides is 1. The molecule has 7 N–H and O–H groups in total. The molecule has 0 saturated carbocycles. The van der Waals surface area contributed by atoms with Gasteiger partial charge in [0.15, 0.2) is 0 Å². The molecule has 8 nitrogen and oxygen atoms in total. The van der Waals surface area contributed by atoms with E-state index < -0.39 is 25.2 Å².